The van der Waals surface area contributed by atoms with Gasteiger partial charge >= 0.3 is 0 Å². The van der Waals surface area contributed by atoms with Crippen molar-refractivity contribution in [3.63, 3.8) is 0 Å². The number of carbonyl (C=O) groups is 1. The SMILES string of the molecule is CCOc1cc(-c2ccccc2)sc1C(=O)N1CCc2ccc([N+](=O)[O-])cc21. The number of amides is 1. The van der Waals surface area contributed by atoms with Crippen LogP contribution in [0.25, 0.3) is 10.4 Å². The Balaban J connectivity index is 1.72. The number of hydrogen-bond acceptors (Lipinski definition) is 5. The second-order valence-corrected chi connectivity index (χ2v) is 7.43. The predicted octanol–water partition coefficient (Wildman–Crippen LogP) is 4.92. The van der Waals surface area contributed by atoms with E-state index in [0.29, 0.717) is 35.9 Å². The first kappa shape index (κ1) is 18.2. The van der Waals surface area contributed by atoms with Crippen LogP contribution in [0, 0.1) is 10.1 Å². The van der Waals surface area contributed by atoms with Gasteiger partial charge in [-0.1, -0.05) is 36.4 Å². The van der Waals surface area contributed by atoms with E-state index in [4.69, 9.17) is 4.74 Å². The molecule has 0 N–H and O–H groups in total. The van der Waals surface area contributed by atoms with Crippen LogP contribution in [0.3, 0.4) is 0 Å². The third-order valence-corrected chi connectivity index (χ3v) is 5.82. The van der Waals surface area contributed by atoms with E-state index in [1.165, 1.54) is 23.5 Å². The average Bonchev–Trinajstić information content (AvgIpc) is 3.32. The lowest BCUT2D eigenvalue weighted by atomic mass is 10.1. The molecule has 0 radical (unpaired) electrons. The molecule has 2 heterocycles. The fraction of sp³-hybridized carbons (Fsp3) is 0.190. The number of rotatable bonds is 5. The Morgan fingerprint density at radius 1 is 1.21 bits per heavy atom. The van der Waals surface area contributed by atoms with E-state index in [0.717, 1.165) is 16.0 Å². The van der Waals surface area contributed by atoms with Crippen molar-refractivity contribution in [1.29, 1.82) is 0 Å². The van der Waals surface area contributed by atoms with Crippen LogP contribution < -0.4 is 9.64 Å². The van der Waals surface area contributed by atoms with Gasteiger partial charge in [0.05, 0.1) is 17.2 Å². The number of nitro groups is 1. The molecule has 142 valence electrons. The molecule has 0 bridgehead atoms. The van der Waals surface area contributed by atoms with Crippen molar-refractivity contribution in [2.45, 2.75) is 13.3 Å². The van der Waals surface area contributed by atoms with E-state index in [2.05, 4.69) is 0 Å². The van der Waals surface area contributed by atoms with Crippen LogP contribution in [-0.2, 0) is 6.42 Å². The normalized spacial score (nSPS) is 12.7. The number of hydrogen-bond donors (Lipinski definition) is 0. The Morgan fingerprint density at radius 3 is 2.71 bits per heavy atom. The second-order valence-electron chi connectivity index (χ2n) is 6.38. The Kier molecular flexibility index (Phi) is 4.83. The molecule has 0 saturated heterocycles. The lowest BCUT2D eigenvalue weighted by Crippen LogP contribution is -2.28. The Morgan fingerprint density at radius 2 is 2.00 bits per heavy atom. The fourth-order valence-electron chi connectivity index (χ4n) is 3.35. The minimum absolute atomic E-state index is 0.0142. The highest BCUT2D eigenvalue weighted by molar-refractivity contribution is 7.17. The highest BCUT2D eigenvalue weighted by atomic mass is 32.1. The monoisotopic (exact) mass is 394 g/mol. The highest BCUT2D eigenvalue weighted by Crippen LogP contribution is 2.40. The number of fused-ring (bicyclic) bond motifs is 1. The van der Waals surface area contributed by atoms with Crippen molar-refractivity contribution in [1.82, 2.24) is 0 Å². The summed E-state index contributed by atoms with van der Waals surface area (Å²) in [6.45, 7) is 2.83. The van der Waals surface area contributed by atoms with Gasteiger partial charge in [-0.2, -0.15) is 0 Å². The summed E-state index contributed by atoms with van der Waals surface area (Å²) in [5, 5.41) is 11.1. The Hall–Kier alpha value is -3.19. The maximum absolute atomic E-state index is 13.3. The summed E-state index contributed by atoms with van der Waals surface area (Å²) in [5.74, 6) is 0.366. The number of ether oxygens (including phenoxy) is 1. The second kappa shape index (κ2) is 7.44. The summed E-state index contributed by atoms with van der Waals surface area (Å²) in [6.07, 6.45) is 0.681. The van der Waals surface area contributed by atoms with Crippen molar-refractivity contribution < 1.29 is 14.5 Å². The molecule has 0 atom stereocenters. The van der Waals surface area contributed by atoms with Gasteiger partial charge < -0.3 is 9.64 Å². The Bertz CT molecular complexity index is 1050. The maximum Gasteiger partial charge on any atom is 0.272 e. The van der Waals surface area contributed by atoms with Crippen LogP contribution in [-0.4, -0.2) is 24.0 Å². The van der Waals surface area contributed by atoms with Gasteiger partial charge in [-0.05, 0) is 30.5 Å². The van der Waals surface area contributed by atoms with Crippen molar-refractivity contribution >= 4 is 28.6 Å². The van der Waals surface area contributed by atoms with Gasteiger partial charge in [0.1, 0.15) is 10.6 Å². The van der Waals surface area contributed by atoms with E-state index in [-0.39, 0.29) is 11.6 Å². The fourth-order valence-corrected chi connectivity index (χ4v) is 4.40. The van der Waals surface area contributed by atoms with Gasteiger partial charge in [0.25, 0.3) is 11.6 Å². The zero-order valence-corrected chi connectivity index (χ0v) is 16.1. The molecular formula is C21H18N2O4S. The van der Waals surface area contributed by atoms with Gasteiger partial charge in [-0.25, -0.2) is 0 Å². The van der Waals surface area contributed by atoms with Crippen molar-refractivity contribution in [3.05, 3.63) is 75.2 Å². The molecule has 1 amide bonds. The predicted molar refractivity (Wildman–Crippen MR) is 109 cm³/mol. The molecule has 1 aliphatic rings. The summed E-state index contributed by atoms with van der Waals surface area (Å²) in [7, 11) is 0. The molecule has 4 rings (SSSR count). The largest absolute Gasteiger partial charge is 0.492 e. The number of thiophene rings is 1. The molecule has 2 aromatic carbocycles. The molecular weight excluding hydrogens is 376 g/mol. The molecule has 0 spiro atoms. The third kappa shape index (κ3) is 3.25. The smallest absolute Gasteiger partial charge is 0.272 e. The Labute approximate surface area is 166 Å². The van der Waals surface area contributed by atoms with Crippen LogP contribution in [0.5, 0.6) is 5.75 Å². The number of nitrogens with zero attached hydrogens (tertiary/aromatic N) is 2. The van der Waals surface area contributed by atoms with Gasteiger partial charge in [-0.15, -0.1) is 11.3 Å². The van der Waals surface area contributed by atoms with Crippen LogP contribution in [0.1, 0.15) is 22.2 Å². The first-order valence-corrected chi connectivity index (χ1v) is 9.81. The minimum atomic E-state index is -0.439. The van der Waals surface area contributed by atoms with E-state index in [9.17, 15) is 14.9 Å². The molecule has 0 saturated carbocycles. The molecule has 0 unspecified atom stereocenters. The molecule has 1 aliphatic heterocycles. The third-order valence-electron chi connectivity index (χ3n) is 4.67. The van der Waals surface area contributed by atoms with Crippen LogP contribution in [0.2, 0.25) is 0 Å². The summed E-state index contributed by atoms with van der Waals surface area (Å²) < 4.78 is 5.72. The first-order chi connectivity index (χ1) is 13.6. The van der Waals surface area contributed by atoms with Gasteiger partial charge in [0.2, 0.25) is 0 Å². The number of carbonyl (C=O) groups excluding carboxylic acids is 1. The van der Waals surface area contributed by atoms with Crippen molar-refractivity contribution in [2.24, 2.45) is 0 Å². The summed E-state index contributed by atoms with van der Waals surface area (Å²) in [6, 6.07) is 16.4. The summed E-state index contributed by atoms with van der Waals surface area (Å²) in [5.41, 5.74) is 2.55. The van der Waals surface area contributed by atoms with Gasteiger partial charge in [-0.3, -0.25) is 14.9 Å². The van der Waals surface area contributed by atoms with Crippen LogP contribution in [0.4, 0.5) is 11.4 Å². The lowest BCUT2D eigenvalue weighted by molar-refractivity contribution is -0.384. The quantitative estimate of drug-likeness (QED) is 0.455. The zero-order valence-electron chi connectivity index (χ0n) is 15.3. The molecule has 1 aromatic heterocycles. The summed E-state index contributed by atoms with van der Waals surface area (Å²) >= 11 is 1.38. The number of benzene rings is 2. The van der Waals surface area contributed by atoms with Gasteiger partial charge in [0.15, 0.2) is 0 Å². The first-order valence-electron chi connectivity index (χ1n) is 8.99. The maximum atomic E-state index is 13.3. The minimum Gasteiger partial charge on any atom is -0.492 e. The van der Waals surface area contributed by atoms with E-state index in [1.807, 2.05) is 43.3 Å². The molecule has 0 aliphatic carbocycles. The van der Waals surface area contributed by atoms with E-state index >= 15 is 0 Å². The molecule has 28 heavy (non-hydrogen) atoms. The molecule has 0 fully saturated rings. The van der Waals surface area contributed by atoms with Crippen LogP contribution >= 0.6 is 11.3 Å². The standard InChI is InChI=1S/C21H18N2O4S/c1-2-27-18-13-19(15-6-4-3-5-7-15)28-20(18)21(24)22-11-10-14-8-9-16(23(25)26)12-17(14)22/h3-9,12-13H,2,10-11H2,1H3. The van der Waals surface area contributed by atoms with Crippen LogP contribution in [0.15, 0.2) is 54.6 Å². The highest BCUT2D eigenvalue weighted by Gasteiger charge is 2.30. The zero-order chi connectivity index (χ0) is 19.7. The number of nitro benzene ring substituents is 1. The number of anilines is 1. The molecule has 6 nitrogen and oxygen atoms in total. The summed E-state index contributed by atoms with van der Waals surface area (Å²) in [4.78, 5) is 27.1. The number of non-ortho nitro benzene ring substituents is 1. The van der Waals surface area contributed by atoms with Crippen molar-refractivity contribution in [2.75, 3.05) is 18.1 Å². The van der Waals surface area contributed by atoms with E-state index in [1.54, 1.807) is 11.0 Å². The topological polar surface area (TPSA) is 72.7 Å². The lowest BCUT2D eigenvalue weighted by Gasteiger charge is -2.17. The molecule has 7 heteroatoms. The van der Waals surface area contributed by atoms with Gasteiger partial charge in [0, 0.05) is 23.6 Å². The molecule has 3 aromatic rings. The van der Waals surface area contributed by atoms with Crippen molar-refractivity contribution in [3.8, 4) is 16.2 Å². The van der Waals surface area contributed by atoms with E-state index < -0.39 is 4.92 Å². The average molecular weight is 394 g/mol.